The van der Waals surface area contributed by atoms with Gasteiger partial charge in [0.2, 0.25) is 17.2 Å². The summed E-state index contributed by atoms with van der Waals surface area (Å²) in [5, 5.41) is 61.0. The highest BCUT2D eigenvalue weighted by molar-refractivity contribution is 6.25. The van der Waals surface area contributed by atoms with Crippen LogP contribution in [0.2, 0.25) is 0 Å². The van der Waals surface area contributed by atoms with Crippen LogP contribution in [0.3, 0.4) is 0 Å². The maximum atomic E-state index is 11.1. The topological polar surface area (TPSA) is 101 Å². The number of aromatic hydroxyl groups is 5. The lowest BCUT2D eigenvalue weighted by Gasteiger charge is -2.21. The van der Waals surface area contributed by atoms with Gasteiger partial charge in [0, 0.05) is 5.56 Å². The molecule has 0 atom stereocenters. The Hall–Kier alpha value is -6.98. The molecule has 9 rings (SSSR count). The number of rotatable bonds is 4. The molecular weight excluding hydrogens is 633 g/mol. The molecule has 0 bridgehead atoms. The van der Waals surface area contributed by atoms with Crippen LogP contribution < -0.4 is 0 Å². The van der Waals surface area contributed by atoms with Gasteiger partial charge in [-0.1, -0.05) is 133 Å². The SMILES string of the molecule is Oc1c(O)c(O)c(-c2c3ccccc3c(-c3cc(-c4ccc(-c5ccc6ccccc6c5)cc4)cc4ccccc34)c3ccccc23)c(O)c1O. The molecule has 0 aliphatic carbocycles. The predicted molar refractivity (Wildman–Crippen MR) is 207 cm³/mol. The van der Waals surface area contributed by atoms with E-state index in [1.807, 2.05) is 60.7 Å². The third kappa shape index (κ3) is 4.71. The van der Waals surface area contributed by atoms with E-state index < -0.39 is 28.7 Å². The largest absolute Gasteiger partial charge is 0.504 e. The molecular formula is C46H30O5. The predicted octanol–water partition coefficient (Wildman–Crippen LogP) is 11.5. The van der Waals surface area contributed by atoms with E-state index >= 15 is 0 Å². The van der Waals surface area contributed by atoms with Crippen molar-refractivity contribution < 1.29 is 25.5 Å². The van der Waals surface area contributed by atoms with E-state index in [2.05, 4.69) is 91.0 Å². The second-order valence-electron chi connectivity index (χ2n) is 12.8. The summed E-state index contributed by atoms with van der Waals surface area (Å²) < 4.78 is 0. The van der Waals surface area contributed by atoms with Gasteiger partial charge in [-0.15, -0.1) is 0 Å². The number of hydrogen-bond acceptors (Lipinski definition) is 5. The normalized spacial score (nSPS) is 11.5. The van der Waals surface area contributed by atoms with Crippen LogP contribution in [0.4, 0.5) is 0 Å². The first-order chi connectivity index (χ1) is 24.9. The zero-order valence-corrected chi connectivity index (χ0v) is 27.2. The maximum Gasteiger partial charge on any atom is 0.208 e. The van der Waals surface area contributed by atoms with E-state index in [1.54, 1.807) is 0 Å². The molecule has 5 N–H and O–H groups in total. The van der Waals surface area contributed by atoms with Crippen molar-refractivity contribution >= 4 is 43.1 Å². The average molecular weight is 663 g/mol. The lowest BCUT2D eigenvalue weighted by atomic mass is 9.83. The monoisotopic (exact) mass is 662 g/mol. The van der Waals surface area contributed by atoms with Gasteiger partial charge >= 0.3 is 0 Å². The van der Waals surface area contributed by atoms with Crippen molar-refractivity contribution in [1.82, 2.24) is 0 Å². The van der Waals surface area contributed by atoms with E-state index in [9.17, 15) is 25.5 Å². The molecule has 0 saturated heterocycles. The fourth-order valence-electron chi connectivity index (χ4n) is 7.52. The summed E-state index contributed by atoms with van der Waals surface area (Å²) in [6.45, 7) is 0. The number of phenolic OH excluding ortho intramolecular Hbond substituents is 5. The summed E-state index contributed by atoms with van der Waals surface area (Å²) in [5.74, 6) is -4.28. The summed E-state index contributed by atoms with van der Waals surface area (Å²) in [5.41, 5.74) is 6.62. The van der Waals surface area contributed by atoms with Crippen molar-refractivity contribution in [2.24, 2.45) is 0 Å². The molecule has 0 saturated carbocycles. The van der Waals surface area contributed by atoms with Crippen LogP contribution in [0, 0.1) is 0 Å². The molecule has 9 aromatic carbocycles. The molecule has 0 spiro atoms. The zero-order valence-electron chi connectivity index (χ0n) is 27.2. The van der Waals surface area contributed by atoms with E-state index in [-0.39, 0.29) is 5.56 Å². The molecule has 0 aliphatic rings. The van der Waals surface area contributed by atoms with Crippen molar-refractivity contribution in [1.29, 1.82) is 0 Å². The number of phenols is 5. The van der Waals surface area contributed by atoms with Crippen molar-refractivity contribution in [2.75, 3.05) is 0 Å². The summed E-state index contributed by atoms with van der Waals surface area (Å²) in [7, 11) is 0. The van der Waals surface area contributed by atoms with Gasteiger partial charge in [0.15, 0.2) is 11.5 Å². The molecule has 0 heterocycles. The molecule has 0 fully saturated rings. The van der Waals surface area contributed by atoms with Crippen LogP contribution in [0.1, 0.15) is 0 Å². The van der Waals surface area contributed by atoms with Crippen LogP contribution in [0.15, 0.2) is 152 Å². The van der Waals surface area contributed by atoms with Crippen molar-refractivity contribution in [3.63, 3.8) is 0 Å². The second-order valence-corrected chi connectivity index (χ2v) is 12.8. The number of hydrogen-bond donors (Lipinski definition) is 5. The molecule has 0 amide bonds. The molecule has 5 nitrogen and oxygen atoms in total. The third-order valence-electron chi connectivity index (χ3n) is 9.98. The zero-order chi connectivity index (χ0) is 34.8. The minimum atomic E-state index is -0.993. The summed E-state index contributed by atoms with van der Waals surface area (Å²) in [6.07, 6.45) is 0. The van der Waals surface area contributed by atoms with E-state index in [0.29, 0.717) is 16.3 Å². The number of fused-ring (bicyclic) bond motifs is 4. The van der Waals surface area contributed by atoms with Gasteiger partial charge in [-0.25, -0.2) is 0 Å². The fourth-order valence-corrected chi connectivity index (χ4v) is 7.52. The lowest BCUT2D eigenvalue weighted by Crippen LogP contribution is -1.93. The van der Waals surface area contributed by atoms with Gasteiger partial charge in [-0.2, -0.15) is 0 Å². The molecule has 5 heteroatoms. The third-order valence-corrected chi connectivity index (χ3v) is 9.98. The summed E-state index contributed by atoms with van der Waals surface area (Å²) >= 11 is 0. The van der Waals surface area contributed by atoms with E-state index in [0.717, 1.165) is 54.9 Å². The molecule has 51 heavy (non-hydrogen) atoms. The van der Waals surface area contributed by atoms with Crippen molar-refractivity contribution in [2.45, 2.75) is 0 Å². The Morgan fingerprint density at radius 3 is 1.25 bits per heavy atom. The fraction of sp³-hybridized carbons (Fsp3) is 0. The van der Waals surface area contributed by atoms with Crippen LogP contribution >= 0.6 is 0 Å². The molecule has 0 aromatic heterocycles. The van der Waals surface area contributed by atoms with Crippen LogP contribution in [-0.4, -0.2) is 25.5 Å². The van der Waals surface area contributed by atoms with Crippen molar-refractivity contribution in [3.05, 3.63) is 152 Å². The highest BCUT2D eigenvalue weighted by atomic mass is 16.4. The highest BCUT2D eigenvalue weighted by Crippen LogP contribution is 2.58. The van der Waals surface area contributed by atoms with Gasteiger partial charge in [0.25, 0.3) is 0 Å². The van der Waals surface area contributed by atoms with Crippen LogP contribution in [0.25, 0.3) is 87.6 Å². The molecule has 244 valence electrons. The van der Waals surface area contributed by atoms with Crippen molar-refractivity contribution in [3.8, 4) is 73.3 Å². The maximum absolute atomic E-state index is 11.1. The van der Waals surface area contributed by atoms with Gasteiger partial charge in [-0.05, 0) is 94.7 Å². The molecule has 0 unspecified atom stereocenters. The van der Waals surface area contributed by atoms with E-state index in [1.165, 1.54) is 10.8 Å². The van der Waals surface area contributed by atoms with Gasteiger partial charge in [0.05, 0.1) is 5.56 Å². The molecule has 0 radical (unpaired) electrons. The Labute approximate surface area is 292 Å². The first kappa shape index (κ1) is 30.1. The summed E-state index contributed by atoms with van der Waals surface area (Å²) in [6, 6.07) is 51.6. The van der Waals surface area contributed by atoms with Crippen LogP contribution in [0.5, 0.6) is 28.7 Å². The Bertz CT molecular complexity index is 2770. The second kappa shape index (κ2) is 11.6. The Morgan fingerprint density at radius 1 is 0.255 bits per heavy atom. The Morgan fingerprint density at radius 2 is 0.667 bits per heavy atom. The Balaban J connectivity index is 1.29. The lowest BCUT2D eigenvalue weighted by molar-refractivity contribution is 0.330. The molecule has 0 aliphatic heterocycles. The minimum absolute atomic E-state index is 0.174. The quantitative estimate of drug-likeness (QED) is 0.0733. The highest BCUT2D eigenvalue weighted by Gasteiger charge is 2.28. The smallest absolute Gasteiger partial charge is 0.208 e. The Kier molecular flexibility index (Phi) is 6.83. The van der Waals surface area contributed by atoms with E-state index in [4.69, 9.17) is 0 Å². The summed E-state index contributed by atoms with van der Waals surface area (Å²) in [4.78, 5) is 0. The standard InChI is InChI=1S/C46H30O5/c47-42-41(43(48)45(50)46(51)44(42)49)40-36-15-7-5-13-34(36)39(35-14-6-8-16-37(35)40)38-25-32(24-31-11-3-4-12-33(31)38)28-19-17-27(18-20-28)30-22-21-26-9-1-2-10-29(26)23-30/h1-25,47-51H. The number of benzene rings is 9. The van der Waals surface area contributed by atoms with Crippen LogP contribution in [-0.2, 0) is 0 Å². The van der Waals surface area contributed by atoms with Gasteiger partial charge < -0.3 is 25.5 Å². The average Bonchev–Trinajstić information content (AvgIpc) is 3.18. The van der Waals surface area contributed by atoms with Gasteiger partial charge in [-0.3, -0.25) is 0 Å². The first-order valence-electron chi connectivity index (χ1n) is 16.6. The first-order valence-corrected chi connectivity index (χ1v) is 16.6. The minimum Gasteiger partial charge on any atom is -0.504 e. The van der Waals surface area contributed by atoms with Gasteiger partial charge in [0.1, 0.15) is 0 Å². The molecule has 9 aromatic rings.